The second kappa shape index (κ2) is 8.54. The van der Waals surface area contributed by atoms with E-state index in [1.54, 1.807) is 0 Å². The van der Waals surface area contributed by atoms with E-state index in [-0.39, 0.29) is 18.3 Å². The Morgan fingerprint density at radius 1 is 1.05 bits per heavy atom. The minimum Gasteiger partial charge on any atom is -0.342 e. The van der Waals surface area contributed by atoms with Gasteiger partial charge in [0, 0.05) is 19.0 Å². The van der Waals surface area contributed by atoms with Gasteiger partial charge in [-0.2, -0.15) is 0 Å². The predicted molar refractivity (Wildman–Crippen MR) is 93.3 cm³/mol. The molecule has 2 aliphatic heterocycles. The highest BCUT2D eigenvalue weighted by Gasteiger charge is 2.32. The van der Waals surface area contributed by atoms with Crippen molar-refractivity contribution in [1.29, 1.82) is 0 Å². The number of amides is 1. The van der Waals surface area contributed by atoms with Gasteiger partial charge in [0.2, 0.25) is 5.91 Å². The summed E-state index contributed by atoms with van der Waals surface area (Å²) in [5, 5.41) is 3.51. The number of rotatable bonds is 3. The van der Waals surface area contributed by atoms with E-state index in [1.807, 2.05) is 0 Å². The molecule has 0 radical (unpaired) electrons. The summed E-state index contributed by atoms with van der Waals surface area (Å²) in [5.41, 5.74) is 0. The molecule has 3 fully saturated rings. The van der Waals surface area contributed by atoms with Crippen LogP contribution < -0.4 is 5.32 Å². The summed E-state index contributed by atoms with van der Waals surface area (Å²) in [4.78, 5) is 14.9. The van der Waals surface area contributed by atoms with Crippen LogP contribution in [0.25, 0.3) is 0 Å². The molecule has 1 saturated carbocycles. The molecule has 1 unspecified atom stereocenters. The van der Waals surface area contributed by atoms with E-state index in [2.05, 4.69) is 17.1 Å². The van der Waals surface area contributed by atoms with E-state index in [1.165, 1.54) is 58.0 Å². The number of carbonyl (C=O) groups excluding carboxylic acids is 1. The van der Waals surface area contributed by atoms with Crippen LogP contribution in [-0.4, -0.2) is 37.0 Å². The summed E-state index contributed by atoms with van der Waals surface area (Å²) in [6, 6.07) is 0. The lowest BCUT2D eigenvalue weighted by atomic mass is 9.83. The third-order valence-corrected chi connectivity index (χ3v) is 6.16. The average Bonchev–Trinajstić information content (AvgIpc) is 2.86. The maximum Gasteiger partial charge on any atom is 0.225 e. The molecule has 1 N–H and O–H groups in total. The molecule has 3 atom stereocenters. The Kier molecular flexibility index (Phi) is 7.01. The maximum absolute atomic E-state index is 12.8. The van der Waals surface area contributed by atoms with E-state index >= 15 is 0 Å². The largest absolute Gasteiger partial charge is 0.342 e. The van der Waals surface area contributed by atoms with Gasteiger partial charge in [0.25, 0.3) is 0 Å². The van der Waals surface area contributed by atoms with Gasteiger partial charge in [-0.15, -0.1) is 12.4 Å². The van der Waals surface area contributed by atoms with Gasteiger partial charge in [-0.3, -0.25) is 4.79 Å². The number of halogens is 1. The maximum atomic E-state index is 12.8. The Morgan fingerprint density at radius 3 is 2.23 bits per heavy atom. The van der Waals surface area contributed by atoms with E-state index < -0.39 is 0 Å². The van der Waals surface area contributed by atoms with Gasteiger partial charge in [-0.05, 0) is 50.1 Å². The first-order valence-electron chi connectivity index (χ1n) is 9.23. The second-order valence-electron chi connectivity index (χ2n) is 7.72. The van der Waals surface area contributed by atoms with Gasteiger partial charge < -0.3 is 10.2 Å². The van der Waals surface area contributed by atoms with Crippen molar-refractivity contribution >= 4 is 18.3 Å². The lowest BCUT2D eigenvalue weighted by Crippen LogP contribution is -2.37. The van der Waals surface area contributed by atoms with Gasteiger partial charge >= 0.3 is 0 Å². The summed E-state index contributed by atoms with van der Waals surface area (Å²) in [6.07, 6.45) is 10.4. The molecule has 0 spiro atoms. The molecule has 128 valence electrons. The Balaban J connectivity index is 0.00000176. The van der Waals surface area contributed by atoms with Gasteiger partial charge in [-0.25, -0.2) is 0 Å². The lowest BCUT2D eigenvalue weighted by Gasteiger charge is -2.28. The molecular formula is C18H33ClN2O. The molecule has 1 aliphatic carbocycles. The SMILES string of the molecule is CC(CC1CCCCC1)C(=O)N1CC[C@@H]2CNC[C@@H]2CC1.Cl. The zero-order valence-electron chi connectivity index (χ0n) is 14.1. The topological polar surface area (TPSA) is 32.3 Å². The van der Waals surface area contributed by atoms with Crippen LogP contribution in [0.1, 0.15) is 58.3 Å². The minimum atomic E-state index is 0. The number of hydrogen-bond donors (Lipinski definition) is 1. The summed E-state index contributed by atoms with van der Waals surface area (Å²) >= 11 is 0. The van der Waals surface area contributed by atoms with Crippen molar-refractivity contribution in [2.24, 2.45) is 23.7 Å². The highest BCUT2D eigenvalue weighted by Crippen LogP contribution is 2.31. The van der Waals surface area contributed by atoms with Gasteiger partial charge in [-0.1, -0.05) is 39.0 Å². The van der Waals surface area contributed by atoms with Crippen molar-refractivity contribution in [1.82, 2.24) is 10.2 Å². The van der Waals surface area contributed by atoms with Crippen molar-refractivity contribution in [3.8, 4) is 0 Å². The highest BCUT2D eigenvalue weighted by atomic mass is 35.5. The molecule has 22 heavy (non-hydrogen) atoms. The van der Waals surface area contributed by atoms with E-state index in [9.17, 15) is 4.79 Å². The fourth-order valence-corrected chi connectivity index (χ4v) is 4.77. The van der Waals surface area contributed by atoms with Crippen LogP contribution in [-0.2, 0) is 4.79 Å². The zero-order valence-corrected chi connectivity index (χ0v) is 14.9. The van der Waals surface area contributed by atoms with Gasteiger partial charge in [0.1, 0.15) is 0 Å². The van der Waals surface area contributed by atoms with Crippen LogP contribution in [0.3, 0.4) is 0 Å². The normalized spacial score (nSPS) is 31.0. The van der Waals surface area contributed by atoms with E-state index in [0.29, 0.717) is 5.91 Å². The molecule has 2 heterocycles. The van der Waals surface area contributed by atoms with Crippen molar-refractivity contribution < 1.29 is 4.79 Å². The first-order valence-corrected chi connectivity index (χ1v) is 9.23. The average molecular weight is 329 g/mol. The lowest BCUT2D eigenvalue weighted by molar-refractivity contribution is -0.135. The van der Waals surface area contributed by atoms with Crippen molar-refractivity contribution in [2.75, 3.05) is 26.2 Å². The van der Waals surface area contributed by atoms with Crippen LogP contribution >= 0.6 is 12.4 Å². The van der Waals surface area contributed by atoms with Crippen LogP contribution in [0, 0.1) is 23.7 Å². The van der Waals surface area contributed by atoms with Crippen LogP contribution in [0.4, 0.5) is 0 Å². The molecule has 3 nitrogen and oxygen atoms in total. The standard InChI is InChI=1S/C18H32N2O.ClH/c1-14(11-15-5-3-2-4-6-15)18(21)20-9-7-16-12-19-13-17(16)8-10-20;/h14-17,19H,2-13H2,1H3;1H/t14?,16-,17+;. The zero-order chi connectivity index (χ0) is 14.7. The molecular weight excluding hydrogens is 296 g/mol. The molecule has 3 rings (SSSR count). The molecule has 0 aromatic carbocycles. The van der Waals surface area contributed by atoms with Crippen LogP contribution in [0.2, 0.25) is 0 Å². The molecule has 0 aromatic heterocycles. The third-order valence-electron chi connectivity index (χ3n) is 6.16. The quantitative estimate of drug-likeness (QED) is 0.860. The Labute approximate surface area is 142 Å². The minimum absolute atomic E-state index is 0. The first kappa shape index (κ1) is 18.1. The third kappa shape index (κ3) is 4.38. The Morgan fingerprint density at radius 2 is 1.64 bits per heavy atom. The molecule has 0 bridgehead atoms. The number of fused-ring (bicyclic) bond motifs is 1. The van der Waals surface area contributed by atoms with Crippen LogP contribution in [0.5, 0.6) is 0 Å². The smallest absolute Gasteiger partial charge is 0.225 e. The molecule has 0 aromatic rings. The van der Waals surface area contributed by atoms with Crippen molar-refractivity contribution in [3.05, 3.63) is 0 Å². The summed E-state index contributed by atoms with van der Waals surface area (Å²) < 4.78 is 0. The fraction of sp³-hybridized carbons (Fsp3) is 0.944. The number of likely N-dealkylation sites (tertiary alicyclic amines) is 1. The monoisotopic (exact) mass is 328 g/mol. The van der Waals surface area contributed by atoms with E-state index in [0.717, 1.165) is 37.3 Å². The first-order chi connectivity index (χ1) is 10.2. The van der Waals surface area contributed by atoms with Crippen LogP contribution in [0.15, 0.2) is 0 Å². The Hall–Kier alpha value is -0.280. The number of nitrogens with zero attached hydrogens (tertiary/aromatic N) is 1. The number of hydrogen-bond acceptors (Lipinski definition) is 2. The highest BCUT2D eigenvalue weighted by molar-refractivity contribution is 5.85. The molecule has 3 aliphatic rings. The summed E-state index contributed by atoms with van der Waals surface area (Å²) in [5.74, 6) is 3.12. The summed E-state index contributed by atoms with van der Waals surface area (Å²) in [6.45, 7) is 6.51. The molecule has 2 saturated heterocycles. The number of carbonyl (C=O) groups is 1. The second-order valence-corrected chi connectivity index (χ2v) is 7.72. The van der Waals surface area contributed by atoms with Gasteiger partial charge in [0.15, 0.2) is 0 Å². The van der Waals surface area contributed by atoms with E-state index in [4.69, 9.17) is 0 Å². The van der Waals surface area contributed by atoms with Crippen molar-refractivity contribution in [2.45, 2.75) is 58.3 Å². The van der Waals surface area contributed by atoms with Gasteiger partial charge in [0.05, 0.1) is 0 Å². The predicted octanol–water partition coefficient (Wildman–Crippen LogP) is 3.47. The fourth-order valence-electron chi connectivity index (χ4n) is 4.77. The molecule has 4 heteroatoms. The number of nitrogens with one attached hydrogen (secondary N) is 1. The van der Waals surface area contributed by atoms with Crippen molar-refractivity contribution in [3.63, 3.8) is 0 Å². The summed E-state index contributed by atoms with van der Waals surface area (Å²) in [7, 11) is 0. The molecule has 1 amide bonds. The Bertz CT molecular complexity index is 343.